The van der Waals surface area contributed by atoms with E-state index in [1.165, 1.54) is 25.7 Å². The zero-order valence-electron chi connectivity index (χ0n) is 11.7. The highest BCUT2D eigenvalue weighted by atomic mass is 79.9. The van der Waals surface area contributed by atoms with Gasteiger partial charge in [-0.2, -0.15) is 0 Å². The van der Waals surface area contributed by atoms with Crippen molar-refractivity contribution < 1.29 is 4.79 Å². The van der Waals surface area contributed by atoms with Crippen molar-refractivity contribution in [2.24, 2.45) is 0 Å². The van der Waals surface area contributed by atoms with Crippen LogP contribution in [0.1, 0.15) is 49.4 Å². The predicted octanol–water partition coefficient (Wildman–Crippen LogP) is 4.02. The third-order valence-corrected chi connectivity index (χ3v) is 3.67. The van der Waals surface area contributed by atoms with Gasteiger partial charge in [0, 0.05) is 16.6 Å². The van der Waals surface area contributed by atoms with E-state index in [9.17, 15) is 4.79 Å². The summed E-state index contributed by atoms with van der Waals surface area (Å²) in [6.07, 6.45) is 6.06. The van der Waals surface area contributed by atoms with Crippen LogP contribution in [0.25, 0.3) is 0 Å². The zero-order chi connectivity index (χ0) is 14.8. The number of carbonyl (C=O) groups is 1. The first-order chi connectivity index (χ1) is 9.63. The Morgan fingerprint density at radius 1 is 1.15 bits per heavy atom. The van der Waals surface area contributed by atoms with Crippen molar-refractivity contribution in [3.05, 3.63) is 34.3 Å². The molecular formula is C15H21BrN2OS. The molecule has 0 fully saturated rings. The summed E-state index contributed by atoms with van der Waals surface area (Å²) in [6.45, 7) is 3.01. The number of benzene rings is 1. The van der Waals surface area contributed by atoms with Crippen molar-refractivity contribution in [3.8, 4) is 0 Å². The smallest absolute Gasteiger partial charge is 0.257 e. The van der Waals surface area contributed by atoms with Crippen molar-refractivity contribution >= 4 is 39.2 Å². The number of nitrogens with one attached hydrogen (secondary N) is 2. The van der Waals surface area contributed by atoms with Crippen LogP contribution < -0.4 is 10.6 Å². The summed E-state index contributed by atoms with van der Waals surface area (Å²) in [4.78, 5) is 11.9. The number of halogens is 1. The molecule has 2 N–H and O–H groups in total. The lowest BCUT2D eigenvalue weighted by atomic mass is 10.1. The van der Waals surface area contributed by atoms with Crippen LogP contribution in [-0.4, -0.2) is 17.6 Å². The minimum Gasteiger partial charge on any atom is -0.362 e. The average Bonchev–Trinajstić information content (AvgIpc) is 2.43. The SMILES string of the molecule is CCCCCCCNC(=S)NC(=O)c1ccc(Br)cc1. The fourth-order valence-electron chi connectivity index (χ4n) is 1.75. The molecule has 0 heterocycles. The molecule has 0 spiro atoms. The monoisotopic (exact) mass is 356 g/mol. The van der Waals surface area contributed by atoms with Crippen molar-refractivity contribution in [2.45, 2.75) is 39.0 Å². The predicted molar refractivity (Wildman–Crippen MR) is 91.0 cm³/mol. The lowest BCUT2D eigenvalue weighted by Gasteiger charge is -2.09. The van der Waals surface area contributed by atoms with Gasteiger partial charge in [-0.1, -0.05) is 48.5 Å². The van der Waals surface area contributed by atoms with Gasteiger partial charge < -0.3 is 5.32 Å². The van der Waals surface area contributed by atoms with Gasteiger partial charge >= 0.3 is 0 Å². The third-order valence-electron chi connectivity index (χ3n) is 2.90. The van der Waals surface area contributed by atoms with E-state index in [1.807, 2.05) is 12.1 Å². The molecule has 0 aliphatic carbocycles. The molecule has 3 nitrogen and oxygen atoms in total. The number of hydrogen-bond donors (Lipinski definition) is 2. The molecule has 0 saturated heterocycles. The first-order valence-electron chi connectivity index (χ1n) is 6.98. The molecule has 0 bridgehead atoms. The highest BCUT2D eigenvalue weighted by Crippen LogP contribution is 2.10. The topological polar surface area (TPSA) is 41.1 Å². The van der Waals surface area contributed by atoms with Gasteiger partial charge in [-0.25, -0.2) is 0 Å². The minimum absolute atomic E-state index is 0.180. The van der Waals surface area contributed by atoms with Gasteiger partial charge in [0.15, 0.2) is 5.11 Å². The van der Waals surface area contributed by atoms with Crippen LogP contribution in [0.5, 0.6) is 0 Å². The Morgan fingerprint density at radius 3 is 2.45 bits per heavy atom. The summed E-state index contributed by atoms with van der Waals surface area (Å²) in [5, 5.41) is 6.14. The van der Waals surface area contributed by atoms with E-state index in [2.05, 4.69) is 33.5 Å². The standard InChI is InChI=1S/C15H21BrN2OS/c1-2-3-4-5-6-11-17-15(20)18-14(19)12-7-9-13(16)10-8-12/h7-10H,2-6,11H2,1H3,(H2,17,18,19,20). The number of carbonyl (C=O) groups excluding carboxylic acids is 1. The maximum Gasteiger partial charge on any atom is 0.257 e. The average molecular weight is 357 g/mol. The minimum atomic E-state index is -0.180. The second-order valence-electron chi connectivity index (χ2n) is 4.63. The Hall–Kier alpha value is -0.940. The Bertz CT molecular complexity index is 434. The zero-order valence-corrected chi connectivity index (χ0v) is 14.1. The van der Waals surface area contributed by atoms with E-state index < -0.39 is 0 Å². The summed E-state index contributed by atoms with van der Waals surface area (Å²) >= 11 is 8.44. The summed E-state index contributed by atoms with van der Waals surface area (Å²) in [5.74, 6) is -0.180. The first-order valence-corrected chi connectivity index (χ1v) is 8.18. The second-order valence-corrected chi connectivity index (χ2v) is 5.96. The number of hydrogen-bond acceptors (Lipinski definition) is 2. The molecule has 0 aromatic heterocycles. The molecule has 0 aliphatic rings. The summed E-state index contributed by atoms with van der Waals surface area (Å²) in [7, 11) is 0. The van der Waals surface area contributed by atoms with Crippen molar-refractivity contribution in [3.63, 3.8) is 0 Å². The molecule has 1 amide bonds. The van der Waals surface area contributed by atoms with Crippen LogP contribution in [0.3, 0.4) is 0 Å². The quantitative estimate of drug-likeness (QED) is 0.572. The molecule has 1 rings (SSSR count). The molecule has 1 aromatic carbocycles. The molecule has 0 unspecified atom stereocenters. The Balaban J connectivity index is 2.21. The van der Waals surface area contributed by atoms with E-state index in [0.717, 1.165) is 17.4 Å². The Morgan fingerprint density at radius 2 is 1.80 bits per heavy atom. The molecule has 0 saturated carbocycles. The summed E-state index contributed by atoms with van der Waals surface area (Å²) < 4.78 is 0.946. The van der Waals surface area contributed by atoms with Gasteiger partial charge in [0.2, 0.25) is 0 Å². The van der Waals surface area contributed by atoms with Gasteiger partial charge in [0.1, 0.15) is 0 Å². The van der Waals surface area contributed by atoms with Gasteiger partial charge in [0.25, 0.3) is 5.91 Å². The van der Waals surface area contributed by atoms with E-state index in [4.69, 9.17) is 12.2 Å². The molecule has 20 heavy (non-hydrogen) atoms. The van der Waals surface area contributed by atoms with E-state index in [0.29, 0.717) is 10.7 Å². The molecule has 110 valence electrons. The van der Waals surface area contributed by atoms with Gasteiger partial charge in [-0.15, -0.1) is 0 Å². The molecule has 5 heteroatoms. The molecule has 0 atom stereocenters. The number of rotatable bonds is 7. The van der Waals surface area contributed by atoms with E-state index in [-0.39, 0.29) is 5.91 Å². The fraction of sp³-hybridized carbons (Fsp3) is 0.467. The Labute approximate surface area is 134 Å². The highest BCUT2D eigenvalue weighted by molar-refractivity contribution is 9.10. The van der Waals surface area contributed by atoms with Crippen molar-refractivity contribution in [2.75, 3.05) is 6.54 Å². The lowest BCUT2D eigenvalue weighted by Crippen LogP contribution is -2.39. The first kappa shape index (κ1) is 17.1. The van der Waals surface area contributed by atoms with Gasteiger partial charge in [0.05, 0.1) is 0 Å². The number of thiocarbonyl (C=S) groups is 1. The Kier molecular flexibility index (Phi) is 8.46. The molecular weight excluding hydrogens is 336 g/mol. The van der Waals surface area contributed by atoms with Crippen LogP contribution in [0.4, 0.5) is 0 Å². The lowest BCUT2D eigenvalue weighted by molar-refractivity contribution is 0.0976. The van der Waals surface area contributed by atoms with Crippen molar-refractivity contribution in [1.29, 1.82) is 0 Å². The van der Waals surface area contributed by atoms with Crippen molar-refractivity contribution in [1.82, 2.24) is 10.6 Å². The maximum absolute atomic E-state index is 11.9. The van der Waals surface area contributed by atoms with Crippen LogP contribution in [0.15, 0.2) is 28.7 Å². The largest absolute Gasteiger partial charge is 0.362 e. The fourth-order valence-corrected chi connectivity index (χ4v) is 2.21. The van der Waals surface area contributed by atoms with Crippen LogP contribution in [0.2, 0.25) is 0 Å². The van der Waals surface area contributed by atoms with Crippen LogP contribution in [0, 0.1) is 0 Å². The number of unbranched alkanes of at least 4 members (excludes halogenated alkanes) is 4. The van der Waals surface area contributed by atoms with E-state index >= 15 is 0 Å². The number of amides is 1. The van der Waals surface area contributed by atoms with Gasteiger partial charge in [-0.05, 0) is 42.9 Å². The van der Waals surface area contributed by atoms with E-state index in [1.54, 1.807) is 12.1 Å². The van der Waals surface area contributed by atoms with Crippen LogP contribution >= 0.6 is 28.1 Å². The molecule has 0 radical (unpaired) electrons. The summed E-state index contributed by atoms with van der Waals surface area (Å²) in [5.41, 5.74) is 0.597. The second kappa shape index (κ2) is 9.88. The molecule has 1 aromatic rings. The normalized spacial score (nSPS) is 10.1. The molecule has 0 aliphatic heterocycles. The van der Waals surface area contributed by atoms with Crippen LogP contribution in [-0.2, 0) is 0 Å². The highest BCUT2D eigenvalue weighted by Gasteiger charge is 2.06. The summed E-state index contributed by atoms with van der Waals surface area (Å²) in [6, 6.07) is 7.18. The van der Waals surface area contributed by atoms with Gasteiger partial charge in [-0.3, -0.25) is 10.1 Å². The maximum atomic E-state index is 11.9. The third kappa shape index (κ3) is 7.01.